The molecule has 2 heterocycles. The Morgan fingerprint density at radius 3 is 2.63 bits per heavy atom. The van der Waals surface area contributed by atoms with Gasteiger partial charge in [0.25, 0.3) is 12.1 Å². The lowest BCUT2D eigenvalue weighted by atomic mass is 10.3. The second-order valence-corrected chi connectivity index (χ2v) is 5.30. The van der Waals surface area contributed by atoms with Crippen LogP contribution in [0, 0.1) is 0 Å². The minimum Gasteiger partial charge on any atom is -0.259 e. The molecule has 0 radical (unpaired) electrons. The van der Waals surface area contributed by atoms with Crippen molar-refractivity contribution in [2.24, 2.45) is 10.8 Å². The van der Waals surface area contributed by atoms with Crippen LogP contribution in [-0.2, 0) is 0 Å². The van der Waals surface area contributed by atoms with Gasteiger partial charge in [0, 0.05) is 0 Å². The molecule has 102 valence electrons. The second kappa shape index (κ2) is 5.05. The van der Waals surface area contributed by atoms with Crippen LogP contribution in [0.5, 0.6) is 0 Å². The number of nitrogens with two attached hydrogens (primary N) is 1. The van der Waals surface area contributed by atoms with E-state index >= 15 is 0 Å². The summed E-state index contributed by atoms with van der Waals surface area (Å²) in [6.07, 6.45) is 3.82. The number of nitrogens with one attached hydrogen (secondary N) is 1. The molecular formula is C12H17ClN5S+. The molecule has 0 fully saturated rings. The van der Waals surface area contributed by atoms with Crippen molar-refractivity contribution in [1.29, 1.82) is 0 Å². The third kappa shape index (κ3) is 2.10. The highest BCUT2D eigenvalue weighted by Crippen LogP contribution is 2.31. The molecule has 2 unspecified atom stereocenters. The van der Waals surface area contributed by atoms with E-state index in [1.54, 1.807) is 11.8 Å². The van der Waals surface area contributed by atoms with Crippen LogP contribution in [0.2, 0.25) is 0 Å². The van der Waals surface area contributed by atoms with E-state index in [0.29, 0.717) is 4.59 Å². The Morgan fingerprint density at radius 1 is 1.37 bits per heavy atom. The summed E-state index contributed by atoms with van der Waals surface area (Å²) in [5.41, 5.74) is 10.7. The Kier molecular flexibility index (Phi) is 3.78. The lowest BCUT2D eigenvalue weighted by Crippen LogP contribution is -2.64. The monoisotopic (exact) mass is 298 g/mol. The second-order valence-electron chi connectivity index (χ2n) is 4.45. The van der Waals surface area contributed by atoms with Gasteiger partial charge in [-0.1, -0.05) is 18.2 Å². The summed E-state index contributed by atoms with van der Waals surface area (Å²) in [6.45, 7) is 0. The van der Waals surface area contributed by atoms with Crippen molar-refractivity contribution in [3.05, 3.63) is 41.4 Å². The van der Waals surface area contributed by atoms with Gasteiger partial charge in [0.15, 0.2) is 0 Å². The fraction of sp³-hybridized carbons (Fsp3) is 0.250. The molecule has 2 aliphatic heterocycles. The average molecular weight is 299 g/mol. The van der Waals surface area contributed by atoms with E-state index < -0.39 is 0 Å². The molecule has 0 saturated heterocycles. The minimum absolute atomic E-state index is 0. The van der Waals surface area contributed by atoms with Crippen LogP contribution in [0.1, 0.15) is 0 Å². The summed E-state index contributed by atoms with van der Waals surface area (Å²) in [5, 5.41) is 7.57. The van der Waals surface area contributed by atoms with Crippen LogP contribution in [-0.4, -0.2) is 30.0 Å². The molecule has 0 aromatic heterocycles. The van der Waals surface area contributed by atoms with Crippen molar-refractivity contribution < 1.29 is 4.59 Å². The molecule has 2 atom stereocenters. The van der Waals surface area contributed by atoms with E-state index in [1.807, 2.05) is 54.7 Å². The topological polar surface area (TPSA) is 53.6 Å². The van der Waals surface area contributed by atoms with Crippen LogP contribution < -0.4 is 16.2 Å². The number of para-hydroxylation sites is 1. The first kappa shape index (κ1) is 14.2. The smallest absolute Gasteiger partial charge is 0.259 e. The number of benzene rings is 1. The zero-order valence-electron chi connectivity index (χ0n) is 10.8. The zero-order chi connectivity index (χ0) is 12.8. The highest BCUT2D eigenvalue weighted by molar-refractivity contribution is 8.02. The number of rotatable bonds is 2. The number of nitrogens with zero attached hydrogens (tertiary/aromatic N) is 3. The number of thioether (sulfide) groups is 1. The molecule has 0 aliphatic carbocycles. The first-order chi connectivity index (χ1) is 8.65. The van der Waals surface area contributed by atoms with Crippen LogP contribution in [0.25, 0.3) is 0 Å². The van der Waals surface area contributed by atoms with Crippen LogP contribution >= 0.6 is 24.2 Å². The molecule has 0 bridgehead atoms. The van der Waals surface area contributed by atoms with Gasteiger partial charge in [-0.05, 0) is 18.4 Å². The number of hydrogen-bond acceptors (Lipinski definition) is 5. The normalized spacial score (nSPS) is 28.2. The number of fused-ring (bicyclic) bond motifs is 1. The first-order valence-corrected chi connectivity index (χ1v) is 6.97. The van der Waals surface area contributed by atoms with E-state index in [4.69, 9.17) is 5.73 Å². The zero-order valence-corrected chi connectivity index (χ0v) is 12.4. The quantitative estimate of drug-likeness (QED) is 0.815. The molecule has 5 nitrogen and oxygen atoms in total. The fourth-order valence-corrected chi connectivity index (χ4v) is 2.68. The van der Waals surface area contributed by atoms with Crippen molar-refractivity contribution in [1.82, 2.24) is 5.43 Å². The lowest BCUT2D eigenvalue weighted by molar-refractivity contribution is -0.876. The average Bonchev–Trinajstić information content (AvgIpc) is 2.84. The van der Waals surface area contributed by atoms with Crippen molar-refractivity contribution in [3.8, 4) is 0 Å². The van der Waals surface area contributed by atoms with E-state index in [-0.39, 0.29) is 18.7 Å². The molecule has 3 rings (SSSR count). The van der Waals surface area contributed by atoms with Crippen LogP contribution in [0.4, 0.5) is 5.69 Å². The summed E-state index contributed by atoms with van der Waals surface area (Å²) < 4.78 is 0.422. The fourth-order valence-electron chi connectivity index (χ4n) is 2.18. The number of quaternary nitrogens is 1. The highest BCUT2D eigenvalue weighted by atomic mass is 35.5. The van der Waals surface area contributed by atoms with Gasteiger partial charge in [0.1, 0.15) is 12.1 Å². The van der Waals surface area contributed by atoms with Crippen molar-refractivity contribution in [2.75, 3.05) is 18.3 Å². The maximum absolute atomic E-state index is 6.33. The van der Waals surface area contributed by atoms with E-state index in [0.717, 1.165) is 16.6 Å². The third-order valence-corrected chi connectivity index (χ3v) is 3.96. The SMILES string of the molecule is CSC1=CC2=NN(c3ccccc3)C(N)[N+]2(C)N1.Cl. The van der Waals surface area contributed by atoms with Crippen molar-refractivity contribution in [2.45, 2.75) is 6.29 Å². The van der Waals surface area contributed by atoms with Gasteiger partial charge < -0.3 is 0 Å². The minimum atomic E-state index is -0.261. The molecule has 2 aliphatic rings. The molecule has 1 aromatic rings. The third-order valence-electron chi connectivity index (χ3n) is 3.31. The maximum Gasteiger partial charge on any atom is 0.275 e. The molecule has 1 aromatic carbocycles. The van der Waals surface area contributed by atoms with Crippen LogP contribution in [0.3, 0.4) is 0 Å². The molecule has 3 N–H and O–H groups in total. The largest absolute Gasteiger partial charge is 0.275 e. The molecule has 0 saturated carbocycles. The number of likely N-dealkylation sites (N-methyl/N-ethyl adjacent to an activating group) is 1. The number of hydrazone groups is 1. The maximum atomic E-state index is 6.33. The van der Waals surface area contributed by atoms with Gasteiger partial charge in [0.2, 0.25) is 0 Å². The highest BCUT2D eigenvalue weighted by Gasteiger charge is 2.50. The van der Waals surface area contributed by atoms with Gasteiger partial charge in [-0.3, -0.25) is 5.73 Å². The van der Waals surface area contributed by atoms with Gasteiger partial charge in [0.05, 0.1) is 11.8 Å². The van der Waals surface area contributed by atoms with Gasteiger partial charge >= 0.3 is 0 Å². The van der Waals surface area contributed by atoms with Gasteiger partial charge in [-0.15, -0.1) is 33.9 Å². The van der Waals surface area contributed by atoms with Crippen molar-refractivity contribution >= 4 is 35.7 Å². The summed E-state index contributed by atoms with van der Waals surface area (Å²) in [6, 6.07) is 9.99. The molecule has 0 amide bonds. The van der Waals surface area contributed by atoms with Gasteiger partial charge in [-0.25, -0.2) is 5.43 Å². The number of halogens is 1. The Bertz CT molecular complexity index is 532. The van der Waals surface area contributed by atoms with E-state index in [2.05, 4.69) is 10.5 Å². The number of amidine groups is 1. The Morgan fingerprint density at radius 2 is 2.05 bits per heavy atom. The van der Waals surface area contributed by atoms with E-state index in [9.17, 15) is 0 Å². The van der Waals surface area contributed by atoms with Crippen LogP contribution in [0.15, 0.2) is 46.5 Å². The lowest BCUT2D eigenvalue weighted by Gasteiger charge is -2.31. The first-order valence-electron chi connectivity index (χ1n) is 5.74. The Hall–Kier alpha value is -1.21. The predicted octanol–water partition coefficient (Wildman–Crippen LogP) is 1.65. The number of anilines is 1. The van der Waals surface area contributed by atoms with Crippen molar-refractivity contribution in [3.63, 3.8) is 0 Å². The van der Waals surface area contributed by atoms with E-state index in [1.165, 1.54) is 0 Å². The molecular weight excluding hydrogens is 282 g/mol. The Balaban J connectivity index is 0.00000133. The summed E-state index contributed by atoms with van der Waals surface area (Å²) >= 11 is 1.67. The summed E-state index contributed by atoms with van der Waals surface area (Å²) in [7, 11) is 2.03. The predicted molar refractivity (Wildman–Crippen MR) is 82.5 cm³/mol. The molecule has 19 heavy (non-hydrogen) atoms. The summed E-state index contributed by atoms with van der Waals surface area (Å²) in [4.78, 5) is 0. The Labute approximate surface area is 123 Å². The molecule has 7 heteroatoms. The molecule has 0 spiro atoms. The summed E-state index contributed by atoms with van der Waals surface area (Å²) in [5.74, 6) is 0.940. The number of hydrogen-bond donors (Lipinski definition) is 2. The standard InChI is InChI=1S/C12H16N5S.ClH/c1-17-10(8-11(15-17)18-2)14-16(12(17)13)9-6-4-3-5-7-9;/h3-8,12,15H,13H2,1-2H3;1H/q+1;. The van der Waals surface area contributed by atoms with Gasteiger partial charge in [-0.2, -0.15) is 5.01 Å².